The number of hydroxylamine groups is 1. The van der Waals surface area contributed by atoms with Gasteiger partial charge in [0, 0.05) is 9.50 Å². The highest BCUT2D eigenvalue weighted by Crippen LogP contribution is 2.20. The summed E-state index contributed by atoms with van der Waals surface area (Å²) in [6.45, 7) is -0.110. The SMILES string of the molecule is O=C(NOCCO)c1cc(Cl)ccc1Br. The van der Waals surface area contributed by atoms with Crippen molar-refractivity contribution < 1.29 is 14.7 Å². The molecule has 0 radical (unpaired) electrons. The zero-order valence-electron chi connectivity index (χ0n) is 7.67. The van der Waals surface area contributed by atoms with Gasteiger partial charge in [0.25, 0.3) is 5.91 Å². The van der Waals surface area contributed by atoms with Crippen LogP contribution in [0, 0.1) is 0 Å². The molecule has 0 saturated heterocycles. The maximum Gasteiger partial charge on any atom is 0.276 e. The number of benzene rings is 1. The van der Waals surface area contributed by atoms with Gasteiger partial charge in [-0.2, -0.15) is 0 Å². The first-order valence-corrected chi connectivity index (χ1v) is 5.30. The zero-order valence-corrected chi connectivity index (χ0v) is 10.0. The van der Waals surface area contributed by atoms with Crippen LogP contribution in [0.1, 0.15) is 10.4 Å². The average molecular weight is 295 g/mol. The fraction of sp³-hybridized carbons (Fsp3) is 0.222. The van der Waals surface area contributed by atoms with Gasteiger partial charge in [0.05, 0.1) is 18.8 Å². The Morgan fingerprint density at radius 1 is 1.60 bits per heavy atom. The molecule has 0 unspecified atom stereocenters. The predicted octanol–water partition coefficient (Wildman–Crippen LogP) is 1.76. The van der Waals surface area contributed by atoms with Crippen molar-refractivity contribution in [2.45, 2.75) is 0 Å². The molecule has 1 amide bonds. The Morgan fingerprint density at radius 3 is 3.00 bits per heavy atom. The maximum atomic E-state index is 11.5. The minimum absolute atomic E-state index is 0.0456. The van der Waals surface area contributed by atoms with E-state index in [9.17, 15) is 4.79 Å². The van der Waals surface area contributed by atoms with E-state index in [1.165, 1.54) is 6.07 Å². The molecular weight excluding hydrogens is 285 g/mol. The number of hydrogen-bond acceptors (Lipinski definition) is 3. The van der Waals surface area contributed by atoms with Crippen molar-refractivity contribution in [2.75, 3.05) is 13.2 Å². The van der Waals surface area contributed by atoms with E-state index in [1.54, 1.807) is 12.1 Å². The fourth-order valence-corrected chi connectivity index (χ4v) is 1.49. The van der Waals surface area contributed by atoms with Crippen molar-refractivity contribution in [3.8, 4) is 0 Å². The Bertz CT molecular complexity index is 359. The van der Waals surface area contributed by atoms with Gasteiger partial charge in [-0.3, -0.25) is 9.63 Å². The van der Waals surface area contributed by atoms with Crippen molar-refractivity contribution in [3.63, 3.8) is 0 Å². The van der Waals surface area contributed by atoms with Crippen LogP contribution in [0.2, 0.25) is 5.02 Å². The molecule has 0 bridgehead atoms. The summed E-state index contributed by atoms with van der Waals surface area (Å²) >= 11 is 8.96. The van der Waals surface area contributed by atoms with Crippen molar-refractivity contribution >= 4 is 33.4 Å². The second-order valence-electron chi connectivity index (χ2n) is 2.63. The van der Waals surface area contributed by atoms with E-state index in [0.717, 1.165) is 0 Å². The Morgan fingerprint density at radius 2 is 2.33 bits per heavy atom. The largest absolute Gasteiger partial charge is 0.394 e. The first-order valence-electron chi connectivity index (χ1n) is 4.13. The molecule has 0 atom stereocenters. The Labute approximate surface area is 100 Å². The van der Waals surface area contributed by atoms with Crippen molar-refractivity contribution in [1.29, 1.82) is 0 Å². The number of halogens is 2. The molecule has 0 spiro atoms. The van der Waals surface area contributed by atoms with Crippen molar-refractivity contribution in [3.05, 3.63) is 33.3 Å². The third-order valence-electron chi connectivity index (χ3n) is 1.53. The molecule has 0 fully saturated rings. The second-order valence-corrected chi connectivity index (χ2v) is 3.92. The molecule has 0 aromatic heterocycles. The average Bonchev–Trinajstić information content (AvgIpc) is 2.22. The molecule has 6 heteroatoms. The molecular formula is C9H9BrClNO3. The summed E-state index contributed by atoms with van der Waals surface area (Å²) in [7, 11) is 0. The third kappa shape index (κ3) is 3.79. The second kappa shape index (κ2) is 6.07. The van der Waals surface area contributed by atoms with Gasteiger partial charge >= 0.3 is 0 Å². The lowest BCUT2D eigenvalue weighted by atomic mass is 10.2. The molecule has 0 aliphatic rings. The summed E-state index contributed by atoms with van der Waals surface area (Å²) in [4.78, 5) is 16.2. The van der Waals surface area contributed by atoms with Gasteiger partial charge in [0.15, 0.2) is 0 Å². The van der Waals surface area contributed by atoms with Crippen LogP contribution in [0.15, 0.2) is 22.7 Å². The van der Waals surface area contributed by atoms with Gasteiger partial charge in [0.1, 0.15) is 0 Å². The number of carbonyl (C=O) groups is 1. The van der Waals surface area contributed by atoms with E-state index in [-0.39, 0.29) is 13.2 Å². The summed E-state index contributed by atoms with van der Waals surface area (Å²) in [5.74, 6) is -0.419. The lowest BCUT2D eigenvalue weighted by Crippen LogP contribution is -2.25. The molecule has 0 aliphatic heterocycles. The summed E-state index contributed by atoms with van der Waals surface area (Å²) in [5, 5.41) is 8.91. The molecule has 0 heterocycles. The Hall–Kier alpha value is -0.620. The first kappa shape index (κ1) is 12.4. The van der Waals surface area contributed by atoms with Crippen LogP contribution in [0.25, 0.3) is 0 Å². The number of amides is 1. The van der Waals surface area contributed by atoms with Crippen LogP contribution in [-0.2, 0) is 4.84 Å². The highest BCUT2D eigenvalue weighted by Gasteiger charge is 2.10. The van der Waals surface area contributed by atoms with Crippen LogP contribution in [0.4, 0.5) is 0 Å². The molecule has 2 N–H and O–H groups in total. The molecule has 1 aromatic carbocycles. The van der Waals surface area contributed by atoms with Crippen molar-refractivity contribution in [2.24, 2.45) is 0 Å². The number of carbonyl (C=O) groups excluding carboxylic acids is 1. The van der Waals surface area contributed by atoms with E-state index in [1.807, 2.05) is 0 Å². The monoisotopic (exact) mass is 293 g/mol. The first-order chi connectivity index (χ1) is 7.15. The van der Waals surface area contributed by atoms with Gasteiger partial charge in [-0.25, -0.2) is 5.48 Å². The van der Waals surface area contributed by atoms with Crippen LogP contribution in [0.3, 0.4) is 0 Å². The normalized spacial score (nSPS) is 10.1. The van der Waals surface area contributed by atoms with Gasteiger partial charge in [-0.15, -0.1) is 0 Å². The minimum atomic E-state index is -0.419. The fourth-order valence-electron chi connectivity index (χ4n) is 0.889. The standard InChI is InChI=1S/C9H9BrClNO3/c10-8-2-1-6(11)5-7(8)9(14)12-15-4-3-13/h1-2,5,13H,3-4H2,(H,12,14). The molecule has 1 aromatic rings. The topological polar surface area (TPSA) is 58.6 Å². The summed E-state index contributed by atoms with van der Waals surface area (Å²) in [6, 6.07) is 4.85. The quantitative estimate of drug-likeness (QED) is 0.657. The Kier molecular flexibility index (Phi) is 5.04. The van der Waals surface area contributed by atoms with Crippen LogP contribution in [0.5, 0.6) is 0 Å². The van der Waals surface area contributed by atoms with E-state index in [2.05, 4.69) is 26.2 Å². The zero-order chi connectivity index (χ0) is 11.3. The molecule has 15 heavy (non-hydrogen) atoms. The summed E-state index contributed by atoms with van der Waals surface area (Å²) in [5.41, 5.74) is 2.56. The molecule has 82 valence electrons. The summed E-state index contributed by atoms with van der Waals surface area (Å²) in [6.07, 6.45) is 0. The maximum absolute atomic E-state index is 11.5. The predicted molar refractivity (Wildman–Crippen MR) is 59.7 cm³/mol. The number of rotatable bonds is 4. The molecule has 4 nitrogen and oxygen atoms in total. The van der Waals surface area contributed by atoms with Crippen LogP contribution < -0.4 is 5.48 Å². The van der Waals surface area contributed by atoms with Crippen LogP contribution >= 0.6 is 27.5 Å². The minimum Gasteiger partial charge on any atom is -0.394 e. The van der Waals surface area contributed by atoms with E-state index in [0.29, 0.717) is 15.1 Å². The lowest BCUT2D eigenvalue weighted by Gasteiger charge is -2.06. The van der Waals surface area contributed by atoms with Gasteiger partial charge in [-0.05, 0) is 34.1 Å². The van der Waals surface area contributed by atoms with Gasteiger partial charge in [0.2, 0.25) is 0 Å². The molecule has 0 saturated carbocycles. The Balaban J connectivity index is 2.68. The number of aliphatic hydroxyl groups is 1. The van der Waals surface area contributed by atoms with Crippen LogP contribution in [-0.4, -0.2) is 24.2 Å². The van der Waals surface area contributed by atoms with E-state index >= 15 is 0 Å². The van der Waals surface area contributed by atoms with Gasteiger partial charge in [-0.1, -0.05) is 11.6 Å². The highest BCUT2D eigenvalue weighted by molar-refractivity contribution is 9.10. The number of hydrogen-bond donors (Lipinski definition) is 2. The third-order valence-corrected chi connectivity index (χ3v) is 2.46. The highest BCUT2D eigenvalue weighted by atomic mass is 79.9. The number of aliphatic hydroxyl groups excluding tert-OH is 1. The van der Waals surface area contributed by atoms with E-state index < -0.39 is 5.91 Å². The lowest BCUT2D eigenvalue weighted by molar-refractivity contribution is 0.0168. The van der Waals surface area contributed by atoms with E-state index in [4.69, 9.17) is 16.7 Å². The van der Waals surface area contributed by atoms with Gasteiger partial charge < -0.3 is 5.11 Å². The molecule has 1 rings (SSSR count). The molecule has 0 aliphatic carbocycles. The summed E-state index contributed by atoms with van der Waals surface area (Å²) < 4.78 is 0.622. The number of nitrogens with one attached hydrogen (secondary N) is 1. The van der Waals surface area contributed by atoms with Crippen molar-refractivity contribution in [1.82, 2.24) is 5.48 Å². The smallest absolute Gasteiger partial charge is 0.276 e.